The molecule has 0 spiro atoms. The van der Waals surface area contributed by atoms with Crippen LogP contribution in [0.4, 0.5) is 0 Å². The second-order valence-electron chi connectivity index (χ2n) is 8.32. The first-order valence-electron chi connectivity index (χ1n) is 9.48. The largest absolute Gasteiger partial charge is 0.352 e. The van der Waals surface area contributed by atoms with Gasteiger partial charge in [0.1, 0.15) is 6.54 Å². The number of carbonyl (C=O) groups is 3. The number of hydrogen-bond acceptors (Lipinski definition) is 3. The minimum atomic E-state index is -0.196. The van der Waals surface area contributed by atoms with Gasteiger partial charge in [0.05, 0.1) is 11.8 Å². The molecule has 1 saturated heterocycles. The molecule has 3 saturated carbocycles. The van der Waals surface area contributed by atoms with Crippen LogP contribution in [0, 0.1) is 35.5 Å². The Kier molecular flexibility index (Phi) is 3.16. The molecule has 24 heavy (non-hydrogen) atoms. The standard InChI is InChI=1S/C19H24N2O3/c22-15(20-10-4-2-1-3-5-10)9-21-18(23)16-11-6-7-12(14-8-13(11)14)17(16)19(21)24/h6-7,10-14,16-17H,1-5,8-9H2,(H,20,22)/t11-,12-,13-,14+,16-,17+/m0/s1. The van der Waals surface area contributed by atoms with Gasteiger partial charge in [0, 0.05) is 6.04 Å². The molecule has 0 radical (unpaired) electrons. The second kappa shape index (κ2) is 5.17. The molecule has 0 unspecified atom stereocenters. The molecule has 0 aromatic carbocycles. The van der Waals surface area contributed by atoms with Gasteiger partial charge < -0.3 is 5.32 Å². The number of nitrogens with zero attached hydrogens (tertiary/aromatic N) is 1. The SMILES string of the molecule is O=C(CN1C(=O)[C@@H]2[C@H]3C=C[C@@H]([C@@H]4C[C@H]34)[C@@H]2C1=O)NC1CCCCC1. The molecule has 2 bridgehead atoms. The number of amides is 3. The van der Waals surface area contributed by atoms with E-state index in [-0.39, 0.29) is 54.0 Å². The quantitative estimate of drug-likeness (QED) is 0.630. The Balaban J connectivity index is 1.29. The van der Waals surface area contributed by atoms with Crippen molar-refractivity contribution in [2.75, 3.05) is 6.54 Å². The molecule has 1 heterocycles. The molecular formula is C19H24N2O3. The van der Waals surface area contributed by atoms with Crippen LogP contribution in [-0.2, 0) is 14.4 Å². The summed E-state index contributed by atoms with van der Waals surface area (Å²) in [4.78, 5) is 39.2. The van der Waals surface area contributed by atoms with Gasteiger partial charge in [-0.05, 0) is 42.9 Å². The van der Waals surface area contributed by atoms with Crippen LogP contribution in [0.2, 0.25) is 0 Å². The monoisotopic (exact) mass is 328 g/mol. The number of hydrogen-bond donors (Lipinski definition) is 1. The third-order valence-corrected chi connectivity index (χ3v) is 7.03. The summed E-state index contributed by atoms with van der Waals surface area (Å²) in [7, 11) is 0. The van der Waals surface area contributed by atoms with Gasteiger partial charge >= 0.3 is 0 Å². The maximum absolute atomic E-state index is 12.8. The summed E-state index contributed by atoms with van der Waals surface area (Å²) in [5.74, 6) is 0.899. The molecule has 6 rings (SSSR count). The van der Waals surface area contributed by atoms with E-state index in [1.54, 1.807) is 0 Å². The maximum Gasteiger partial charge on any atom is 0.240 e. The van der Waals surface area contributed by atoms with Crippen LogP contribution in [0.5, 0.6) is 0 Å². The van der Waals surface area contributed by atoms with Crippen LogP contribution < -0.4 is 5.32 Å². The summed E-state index contributed by atoms with van der Waals surface area (Å²) in [6.45, 7) is -0.0874. The van der Waals surface area contributed by atoms with Crippen LogP contribution in [-0.4, -0.2) is 35.2 Å². The first kappa shape index (κ1) is 14.7. The Morgan fingerprint density at radius 2 is 1.58 bits per heavy atom. The predicted molar refractivity (Wildman–Crippen MR) is 86.4 cm³/mol. The van der Waals surface area contributed by atoms with E-state index >= 15 is 0 Å². The molecular weight excluding hydrogens is 304 g/mol. The summed E-state index contributed by atoms with van der Waals surface area (Å²) < 4.78 is 0. The summed E-state index contributed by atoms with van der Waals surface area (Å²) in [6.07, 6.45) is 11.0. The molecule has 0 aromatic heterocycles. The van der Waals surface area contributed by atoms with Crippen molar-refractivity contribution in [3.05, 3.63) is 12.2 Å². The van der Waals surface area contributed by atoms with Gasteiger partial charge in [0.15, 0.2) is 0 Å². The van der Waals surface area contributed by atoms with Crippen molar-refractivity contribution in [2.45, 2.75) is 44.6 Å². The smallest absolute Gasteiger partial charge is 0.240 e. The van der Waals surface area contributed by atoms with Crippen LogP contribution >= 0.6 is 0 Å². The molecule has 5 aliphatic carbocycles. The molecule has 128 valence electrons. The molecule has 5 heteroatoms. The summed E-state index contributed by atoms with van der Waals surface area (Å²) in [5.41, 5.74) is 0. The fourth-order valence-corrected chi connectivity index (χ4v) is 5.84. The molecule has 6 aliphatic rings. The van der Waals surface area contributed by atoms with Gasteiger partial charge in [-0.15, -0.1) is 0 Å². The Morgan fingerprint density at radius 1 is 1.00 bits per heavy atom. The van der Waals surface area contributed by atoms with E-state index in [1.165, 1.54) is 11.3 Å². The predicted octanol–water partition coefficient (Wildman–Crippen LogP) is 1.49. The third-order valence-electron chi connectivity index (χ3n) is 7.03. The van der Waals surface area contributed by atoms with Crippen molar-refractivity contribution in [2.24, 2.45) is 35.5 Å². The van der Waals surface area contributed by atoms with E-state index < -0.39 is 0 Å². The van der Waals surface area contributed by atoms with Gasteiger partial charge in [-0.2, -0.15) is 0 Å². The minimum Gasteiger partial charge on any atom is -0.352 e. The first-order chi connectivity index (χ1) is 11.6. The van der Waals surface area contributed by atoms with E-state index in [9.17, 15) is 14.4 Å². The van der Waals surface area contributed by atoms with Crippen LogP contribution in [0.25, 0.3) is 0 Å². The number of imide groups is 1. The lowest BCUT2D eigenvalue weighted by molar-refractivity contribution is -0.144. The maximum atomic E-state index is 12.8. The number of likely N-dealkylation sites (tertiary alicyclic amines) is 1. The lowest BCUT2D eigenvalue weighted by Gasteiger charge is -2.37. The first-order valence-corrected chi connectivity index (χ1v) is 9.48. The normalized spacial score (nSPS) is 42.9. The van der Waals surface area contributed by atoms with Crippen molar-refractivity contribution >= 4 is 17.7 Å². The van der Waals surface area contributed by atoms with Crippen molar-refractivity contribution in [1.29, 1.82) is 0 Å². The second-order valence-corrected chi connectivity index (χ2v) is 8.32. The summed E-state index contributed by atoms with van der Waals surface area (Å²) >= 11 is 0. The molecule has 4 fully saturated rings. The average molecular weight is 328 g/mol. The highest BCUT2D eigenvalue weighted by Crippen LogP contribution is 2.65. The lowest BCUT2D eigenvalue weighted by Crippen LogP contribution is -2.45. The fraction of sp³-hybridized carbons (Fsp3) is 0.737. The highest BCUT2D eigenvalue weighted by Gasteiger charge is 2.67. The Morgan fingerprint density at radius 3 is 2.17 bits per heavy atom. The molecule has 1 aliphatic heterocycles. The molecule has 5 nitrogen and oxygen atoms in total. The summed E-state index contributed by atoms with van der Waals surface area (Å²) in [6, 6.07) is 0.215. The molecule has 1 N–H and O–H groups in total. The Bertz CT molecular complexity index is 601. The Labute approximate surface area is 141 Å². The number of carbonyl (C=O) groups excluding carboxylic acids is 3. The van der Waals surface area contributed by atoms with Gasteiger partial charge in [-0.3, -0.25) is 19.3 Å². The van der Waals surface area contributed by atoms with E-state index in [1.807, 2.05) is 0 Å². The van der Waals surface area contributed by atoms with Crippen LogP contribution in [0.15, 0.2) is 12.2 Å². The fourth-order valence-electron chi connectivity index (χ4n) is 5.84. The number of nitrogens with one attached hydrogen (secondary N) is 1. The van der Waals surface area contributed by atoms with E-state index in [0.29, 0.717) is 11.8 Å². The zero-order chi connectivity index (χ0) is 16.4. The third kappa shape index (κ3) is 2.02. The van der Waals surface area contributed by atoms with Crippen LogP contribution in [0.1, 0.15) is 38.5 Å². The van der Waals surface area contributed by atoms with E-state index in [0.717, 1.165) is 32.1 Å². The highest BCUT2D eigenvalue weighted by atomic mass is 16.2. The van der Waals surface area contributed by atoms with Gasteiger partial charge in [0.25, 0.3) is 0 Å². The molecule has 0 aromatic rings. The number of allylic oxidation sites excluding steroid dienone is 2. The van der Waals surface area contributed by atoms with Crippen molar-refractivity contribution in [1.82, 2.24) is 10.2 Å². The number of rotatable bonds is 3. The van der Waals surface area contributed by atoms with Crippen LogP contribution in [0.3, 0.4) is 0 Å². The summed E-state index contributed by atoms with van der Waals surface area (Å²) in [5, 5.41) is 3.02. The van der Waals surface area contributed by atoms with Crippen molar-refractivity contribution in [3.63, 3.8) is 0 Å². The highest BCUT2D eigenvalue weighted by molar-refractivity contribution is 6.08. The molecule has 6 atom stereocenters. The zero-order valence-corrected chi connectivity index (χ0v) is 13.8. The topological polar surface area (TPSA) is 66.5 Å². The average Bonchev–Trinajstić information content (AvgIpc) is 3.37. The van der Waals surface area contributed by atoms with Crippen molar-refractivity contribution < 1.29 is 14.4 Å². The molecule has 3 amide bonds. The van der Waals surface area contributed by atoms with E-state index in [4.69, 9.17) is 0 Å². The zero-order valence-electron chi connectivity index (χ0n) is 13.8. The van der Waals surface area contributed by atoms with Gasteiger partial charge in [-0.25, -0.2) is 0 Å². The van der Waals surface area contributed by atoms with Crippen molar-refractivity contribution in [3.8, 4) is 0 Å². The Hall–Kier alpha value is -1.65. The van der Waals surface area contributed by atoms with Gasteiger partial charge in [0.2, 0.25) is 17.7 Å². The minimum absolute atomic E-state index is 0.0874. The van der Waals surface area contributed by atoms with Gasteiger partial charge in [-0.1, -0.05) is 31.4 Å². The lowest BCUT2D eigenvalue weighted by atomic mass is 9.63. The van der Waals surface area contributed by atoms with E-state index in [2.05, 4.69) is 17.5 Å².